The second-order valence-corrected chi connectivity index (χ2v) is 10.2. The molecule has 2 saturated heterocycles. The molecule has 3 atom stereocenters. The van der Waals surface area contributed by atoms with Gasteiger partial charge in [0.2, 0.25) is 15.9 Å². The van der Waals surface area contributed by atoms with E-state index in [2.05, 4.69) is 29.8 Å². The van der Waals surface area contributed by atoms with Crippen molar-refractivity contribution in [3.63, 3.8) is 0 Å². The van der Waals surface area contributed by atoms with Crippen molar-refractivity contribution >= 4 is 31.9 Å². The Bertz CT molecular complexity index is 725. The van der Waals surface area contributed by atoms with Crippen LogP contribution < -0.4 is 0 Å². The molecular weight excluding hydrogens is 404 g/mol. The molecule has 138 valence electrons. The lowest BCUT2D eigenvalue weighted by atomic mass is 9.91. The second-order valence-electron chi connectivity index (χ2n) is 7.42. The van der Waals surface area contributed by atoms with Crippen molar-refractivity contribution in [1.29, 1.82) is 0 Å². The predicted molar refractivity (Wildman–Crippen MR) is 101 cm³/mol. The molecule has 0 spiro atoms. The van der Waals surface area contributed by atoms with Gasteiger partial charge in [0.15, 0.2) is 0 Å². The average molecular weight is 429 g/mol. The van der Waals surface area contributed by atoms with E-state index in [0.717, 1.165) is 30.4 Å². The van der Waals surface area contributed by atoms with Gasteiger partial charge in [-0.15, -0.1) is 0 Å². The summed E-state index contributed by atoms with van der Waals surface area (Å²) in [5.74, 6) is 0.896. The Hall–Kier alpha value is -0.920. The van der Waals surface area contributed by atoms with Crippen LogP contribution in [-0.2, 0) is 14.8 Å². The van der Waals surface area contributed by atoms with E-state index in [0.29, 0.717) is 24.8 Å². The van der Waals surface area contributed by atoms with Gasteiger partial charge in [0.05, 0.1) is 4.90 Å². The monoisotopic (exact) mass is 428 g/mol. The summed E-state index contributed by atoms with van der Waals surface area (Å²) in [6.07, 6.45) is 2.45. The predicted octanol–water partition coefficient (Wildman–Crippen LogP) is 3.11. The highest BCUT2D eigenvalue weighted by Crippen LogP contribution is 2.30. The van der Waals surface area contributed by atoms with Crippen molar-refractivity contribution in [3.8, 4) is 0 Å². The van der Waals surface area contributed by atoms with E-state index in [9.17, 15) is 13.2 Å². The number of hydrogen-bond acceptors (Lipinski definition) is 3. The van der Waals surface area contributed by atoms with Gasteiger partial charge in [-0.25, -0.2) is 8.42 Å². The summed E-state index contributed by atoms with van der Waals surface area (Å²) in [7, 11) is -3.65. The van der Waals surface area contributed by atoms with Gasteiger partial charge < -0.3 is 4.90 Å². The molecular formula is C18H25BrN2O3S. The van der Waals surface area contributed by atoms with Crippen molar-refractivity contribution < 1.29 is 13.2 Å². The lowest BCUT2D eigenvalue weighted by Crippen LogP contribution is -2.51. The number of piperidine rings is 1. The SMILES string of the molecule is C[C@@H]1C[C@H](C)CN(C(=O)[C@H]2CCCN2S(=O)(=O)c2ccc(Br)cc2)C1. The summed E-state index contributed by atoms with van der Waals surface area (Å²) in [4.78, 5) is 15.2. The van der Waals surface area contributed by atoms with Crippen LogP contribution in [0, 0.1) is 11.8 Å². The summed E-state index contributed by atoms with van der Waals surface area (Å²) in [5.41, 5.74) is 0. The van der Waals surface area contributed by atoms with Crippen LogP contribution in [0.5, 0.6) is 0 Å². The first-order valence-corrected chi connectivity index (χ1v) is 11.1. The van der Waals surface area contributed by atoms with Gasteiger partial charge in [-0.3, -0.25) is 4.79 Å². The summed E-state index contributed by atoms with van der Waals surface area (Å²) in [5, 5.41) is 0. The van der Waals surface area contributed by atoms with E-state index in [1.807, 2.05) is 4.90 Å². The Morgan fingerprint density at radius 1 is 1.12 bits per heavy atom. The zero-order valence-electron chi connectivity index (χ0n) is 14.7. The minimum absolute atomic E-state index is 0.0309. The maximum absolute atomic E-state index is 13.0. The van der Waals surface area contributed by atoms with Gasteiger partial charge in [-0.2, -0.15) is 4.31 Å². The Labute approximate surface area is 158 Å². The molecule has 1 amide bonds. The van der Waals surface area contributed by atoms with Crippen molar-refractivity contribution in [1.82, 2.24) is 9.21 Å². The summed E-state index contributed by atoms with van der Waals surface area (Å²) < 4.78 is 28.3. The Balaban J connectivity index is 1.82. The van der Waals surface area contributed by atoms with Gasteiger partial charge >= 0.3 is 0 Å². The van der Waals surface area contributed by atoms with Crippen LogP contribution in [0.4, 0.5) is 0 Å². The summed E-state index contributed by atoms with van der Waals surface area (Å²) >= 11 is 3.32. The van der Waals surface area contributed by atoms with E-state index in [1.54, 1.807) is 24.3 Å². The van der Waals surface area contributed by atoms with Crippen LogP contribution in [0.15, 0.2) is 33.6 Å². The standard InChI is InChI=1S/C18H25BrN2O3S/c1-13-10-14(2)12-20(11-13)18(22)17-4-3-9-21(17)25(23,24)16-7-5-15(19)6-8-16/h5-8,13-14,17H,3-4,9-12H2,1-2H3/t13-,14+,17-/m1/s1. The maximum atomic E-state index is 13.0. The lowest BCUT2D eigenvalue weighted by molar-refractivity contribution is -0.137. The molecule has 0 saturated carbocycles. The van der Waals surface area contributed by atoms with Crippen LogP contribution in [0.1, 0.15) is 33.1 Å². The number of amides is 1. The third-order valence-corrected chi connectivity index (χ3v) is 7.54. The van der Waals surface area contributed by atoms with E-state index in [1.165, 1.54) is 4.31 Å². The fraction of sp³-hybridized carbons (Fsp3) is 0.611. The van der Waals surface area contributed by atoms with Gasteiger partial charge in [-0.05, 0) is 55.4 Å². The first kappa shape index (κ1) is 18.9. The number of hydrogen-bond donors (Lipinski definition) is 0. The Morgan fingerprint density at radius 2 is 1.72 bits per heavy atom. The Kier molecular flexibility index (Phi) is 5.56. The minimum Gasteiger partial charge on any atom is -0.341 e. The highest BCUT2D eigenvalue weighted by atomic mass is 79.9. The molecule has 0 unspecified atom stereocenters. The van der Waals surface area contributed by atoms with Crippen LogP contribution in [0.25, 0.3) is 0 Å². The molecule has 7 heteroatoms. The third-order valence-electron chi connectivity index (χ3n) is 5.09. The molecule has 1 aromatic carbocycles. The quantitative estimate of drug-likeness (QED) is 0.742. The number of carbonyl (C=O) groups is 1. The number of carbonyl (C=O) groups excluding carboxylic acids is 1. The molecule has 0 aliphatic carbocycles. The zero-order chi connectivity index (χ0) is 18.2. The topological polar surface area (TPSA) is 57.7 Å². The molecule has 0 bridgehead atoms. The van der Waals surface area contributed by atoms with Crippen LogP contribution in [0.3, 0.4) is 0 Å². The number of likely N-dealkylation sites (tertiary alicyclic amines) is 1. The van der Waals surface area contributed by atoms with Crippen molar-refractivity contribution in [2.45, 2.75) is 44.0 Å². The molecule has 0 radical (unpaired) electrons. The maximum Gasteiger partial charge on any atom is 0.243 e. The van der Waals surface area contributed by atoms with Gasteiger partial charge in [0.1, 0.15) is 6.04 Å². The van der Waals surface area contributed by atoms with E-state index >= 15 is 0 Å². The fourth-order valence-corrected chi connectivity index (χ4v) is 5.99. The normalized spacial score (nSPS) is 28.3. The van der Waals surface area contributed by atoms with Gasteiger partial charge in [0, 0.05) is 24.1 Å². The first-order valence-electron chi connectivity index (χ1n) is 8.85. The highest BCUT2D eigenvalue weighted by molar-refractivity contribution is 9.10. The number of nitrogens with zero attached hydrogens (tertiary/aromatic N) is 2. The van der Waals surface area contributed by atoms with Crippen molar-refractivity contribution in [3.05, 3.63) is 28.7 Å². The third kappa shape index (κ3) is 3.93. The summed E-state index contributed by atoms with van der Waals surface area (Å²) in [6.45, 7) is 6.17. The number of rotatable bonds is 3. The van der Waals surface area contributed by atoms with Crippen LogP contribution in [0.2, 0.25) is 0 Å². The largest absolute Gasteiger partial charge is 0.341 e. The minimum atomic E-state index is -3.65. The molecule has 2 aliphatic rings. The first-order chi connectivity index (χ1) is 11.8. The number of benzene rings is 1. The van der Waals surface area contributed by atoms with Crippen LogP contribution in [-0.4, -0.2) is 49.2 Å². The van der Waals surface area contributed by atoms with Gasteiger partial charge in [-0.1, -0.05) is 29.8 Å². The molecule has 3 rings (SSSR count). The van der Waals surface area contributed by atoms with E-state index in [4.69, 9.17) is 0 Å². The second kappa shape index (κ2) is 7.37. The summed E-state index contributed by atoms with van der Waals surface area (Å²) in [6, 6.07) is 6.04. The molecule has 1 aromatic rings. The van der Waals surface area contributed by atoms with Gasteiger partial charge in [0.25, 0.3) is 0 Å². The van der Waals surface area contributed by atoms with Crippen molar-refractivity contribution in [2.24, 2.45) is 11.8 Å². The fourth-order valence-electron chi connectivity index (χ4n) is 4.07. The smallest absolute Gasteiger partial charge is 0.243 e. The van der Waals surface area contributed by atoms with E-state index < -0.39 is 16.1 Å². The van der Waals surface area contributed by atoms with Crippen molar-refractivity contribution in [2.75, 3.05) is 19.6 Å². The molecule has 2 aliphatic heterocycles. The van der Waals surface area contributed by atoms with E-state index in [-0.39, 0.29) is 10.8 Å². The zero-order valence-corrected chi connectivity index (χ0v) is 17.1. The molecule has 5 nitrogen and oxygen atoms in total. The Morgan fingerprint density at radius 3 is 2.32 bits per heavy atom. The van der Waals surface area contributed by atoms with Crippen LogP contribution >= 0.6 is 15.9 Å². The molecule has 2 heterocycles. The highest BCUT2D eigenvalue weighted by Gasteiger charge is 2.42. The molecule has 25 heavy (non-hydrogen) atoms. The molecule has 2 fully saturated rings. The number of sulfonamides is 1. The lowest BCUT2D eigenvalue weighted by Gasteiger charge is -2.37. The molecule has 0 aromatic heterocycles. The number of halogens is 1. The average Bonchev–Trinajstić information content (AvgIpc) is 3.04. The molecule has 0 N–H and O–H groups in total.